The van der Waals surface area contributed by atoms with Gasteiger partial charge >= 0.3 is 0 Å². The van der Waals surface area contributed by atoms with Crippen molar-refractivity contribution < 1.29 is 25.5 Å². The molecule has 116 valence electrons. The number of thioether (sulfide) groups is 1. The smallest absolute Gasteiger partial charge is 0.166 e. The van der Waals surface area contributed by atoms with Gasteiger partial charge in [0.2, 0.25) is 0 Å². The van der Waals surface area contributed by atoms with Crippen LogP contribution in [0.25, 0.3) is 11.2 Å². The summed E-state index contributed by atoms with van der Waals surface area (Å²) in [4.78, 5) is 12.5. The molecule has 5 N–H and O–H groups in total. The predicted molar refractivity (Wildman–Crippen MR) is 73.7 cm³/mol. The van der Waals surface area contributed by atoms with E-state index in [1.807, 2.05) is 6.26 Å². The quantitative estimate of drug-likeness (QED) is 0.450. The third-order valence-electron chi connectivity index (χ3n) is 3.31. The van der Waals surface area contributed by atoms with Crippen LogP contribution in [-0.4, -0.2) is 71.5 Å². The van der Waals surface area contributed by atoms with E-state index in [1.165, 1.54) is 24.4 Å². The molecule has 2 aromatic rings. The van der Waals surface area contributed by atoms with Crippen LogP contribution in [0.2, 0.25) is 0 Å². The molecule has 10 heteroatoms. The highest BCUT2D eigenvalue weighted by atomic mass is 32.2. The van der Waals surface area contributed by atoms with Gasteiger partial charge in [-0.15, -0.1) is 11.8 Å². The molecule has 3 heterocycles. The highest BCUT2D eigenvalue weighted by Crippen LogP contribution is 2.32. The minimum absolute atomic E-state index is 0. The number of ether oxygens (including phenoxy) is 1. The van der Waals surface area contributed by atoms with Crippen molar-refractivity contribution >= 4 is 22.9 Å². The molecule has 3 rings (SSSR count). The van der Waals surface area contributed by atoms with Crippen molar-refractivity contribution in [1.29, 1.82) is 0 Å². The Morgan fingerprint density at radius 1 is 1.29 bits per heavy atom. The monoisotopic (exact) mass is 316 g/mol. The second-order valence-corrected chi connectivity index (χ2v) is 5.23. The Morgan fingerprint density at radius 3 is 2.67 bits per heavy atom. The Balaban J connectivity index is 0.00000161. The number of hydrogen-bond acceptors (Lipinski definition) is 8. The lowest BCUT2D eigenvalue weighted by Crippen LogP contribution is -2.33. The summed E-state index contributed by atoms with van der Waals surface area (Å²) in [5.41, 5.74) is 1.12. The minimum atomic E-state index is -1.16. The van der Waals surface area contributed by atoms with Crippen LogP contribution in [0.3, 0.4) is 0 Å². The molecule has 0 saturated carbocycles. The molecule has 0 aliphatic carbocycles. The zero-order valence-electron chi connectivity index (χ0n) is 11.1. The van der Waals surface area contributed by atoms with Gasteiger partial charge in [-0.25, -0.2) is 15.0 Å². The third-order valence-corrected chi connectivity index (χ3v) is 4.00. The standard InChI is InChI=1S/C11H14N4O4S.H2O/c1-20-10-6-9(12-3-13-10)15(4-14-6)11-8(18)7(17)5(2-16)19-11;/h3-5,7-8,11,16-18H,2H2,1H3;1H2/t5-,7-,8-,11-;/m1./s1. The predicted octanol–water partition coefficient (Wildman–Crippen LogP) is -1.67. The number of fused-ring (bicyclic) bond motifs is 1. The van der Waals surface area contributed by atoms with Gasteiger partial charge in [0.05, 0.1) is 12.9 Å². The van der Waals surface area contributed by atoms with Crippen LogP contribution in [0.1, 0.15) is 6.23 Å². The van der Waals surface area contributed by atoms with E-state index in [2.05, 4.69) is 15.0 Å². The maximum absolute atomic E-state index is 10.0. The summed E-state index contributed by atoms with van der Waals surface area (Å²) < 4.78 is 7.01. The first-order chi connectivity index (χ1) is 9.67. The molecule has 0 radical (unpaired) electrons. The zero-order chi connectivity index (χ0) is 14.3. The number of aromatic nitrogens is 4. The molecule has 0 spiro atoms. The largest absolute Gasteiger partial charge is 0.412 e. The van der Waals surface area contributed by atoms with Crippen molar-refractivity contribution in [3.63, 3.8) is 0 Å². The zero-order valence-corrected chi connectivity index (χ0v) is 11.9. The second-order valence-electron chi connectivity index (χ2n) is 4.44. The molecule has 2 aromatic heterocycles. The minimum Gasteiger partial charge on any atom is -0.412 e. The maximum atomic E-state index is 10.0. The van der Waals surface area contributed by atoms with E-state index in [0.29, 0.717) is 11.2 Å². The highest BCUT2D eigenvalue weighted by Gasteiger charge is 2.43. The van der Waals surface area contributed by atoms with E-state index in [1.54, 1.807) is 4.57 Å². The number of imidazole rings is 1. The van der Waals surface area contributed by atoms with E-state index in [-0.39, 0.29) is 12.1 Å². The fourth-order valence-corrected chi connectivity index (χ4v) is 2.77. The van der Waals surface area contributed by atoms with Crippen LogP contribution < -0.4 is 0 Å². The van der Waals surface area contributed by atoms with Gasteiger partial charge in [-0.2, -0.15) is 0 Å². The van der Waals surface area contributed by atoms with Crippen molar-refractivity contribution in [2.24, 2.45) is 0 Å². The van der Waals surface area contributed by atoms with E-state index >= 15 is 0 Å². The molecule has 1 aliphatic heterocycles. The Hall–Kier alpha value is -1.30. The lowest BCUT2D eigenvalue weighted by molar-refractivity contribution is -0.0511. The molecule has 0 unspecified atom stereocenters. The number of rotatable bonds is 3. The Labute approximate surface area is 123 Å². The van der Waals surface area contributed by atoms with E-state index in [9.17, 15) is 10.2 Å². The molecule has 0 bridgehead atoms. The van der Waals surface area contributed by atoms with Crippen LogP contribution in [0, 0.1) is 0 Å². The summed E-state index contributed by atoms with van der Waals surface area (Å²) in [5.74, 6) is 0. The second kappa shape index (κ2) is 6.22. The normalized spacial score (nSPS) is 28.8. The summed E-state index contributed by atoms with van der Waals surface area (Å²) >= 11 is 1.44. The average molecular weight is 316 g/mol. The van der Waals surface area contributed by atoms with Crippen molar-refractivity contribution in [3.05, 3.63) is 12.7 Å². The van der Waals surface area contributed by atoms with Gasteiger partial charge < -0.3 is 25.5 Å². The topological polar surface area (TPSA) is 145 Å². The summed E-state index contributed by atoms with van der Waals surface area (Å²) in [5, 5.41) is 29.7. The summed E-state index contributed by atoms with van der Waals surface area (Å²) in [6.45, 7) is -0.369. The lowest BCUT2D eigenvalue weighted by atomic mass is 10.1. The number of aliphatic hydroxyl groups is 3. The van der Waals surface area contributed by atoms with E-state index in [0.717, 1.165) is 5.03 Å². The first kappa shape index (κ1) is 16.1. The lowest BCUT2D eigenvalue weighted by Gasteiger charge is -2.16. The third kappa shape index (κ3) is 2.50. The number of hydrogen-bond donors (Lipinski definition) is 3. The van der Waals surface area contributed by atoms with Crippen molar-refractivity contribution in [3.8, 4) is 0 Å². The van der Waals surface area contributed by atoms with Gasteiger partial charge in [0, 0.05) is 0 Å². The molecule has 1 aliphatic rings. The van der Waals surface area contributed by atoms with Gasteiger partial charge in [-0.05, 0) is 6.26 Å². The molecule has 0 amide bonds. The first-order valence-electron chi connectivity index (χ1n) is 6.01. The van der Waals surface area contributed by atoms with Gasteiger partial charge in [0.1, 0.15) is 35.2 Å². The van der Waals surface area contributed by atoms with Gasteiger partial charge in [-0.1, -0.05) is 0 Å². The van der Waals surface area contributed by atoms with Crippen LogP contribution in [-0.2, 0) is 4.74 Å². The number of nitrogens with zero attached hydrogens (tertiary/aromatic N) is 4. The van der Waals surface area contributed by atoms with Crippen LogP contribution in [0.4, 0.5) is 0 Å². The van der Waals surface area contributed by atoms with Crippen molar-refractivity contribution in [2.45, 2.75) is 29.6 Å². The Morgan fingerprint density at radius 2 is 2.05 bits per heavy atom. The SMILES string of the molecule is CSc1ncnc2c1ncn2[C@@H]1O[C@H](CO)[C@@H](O)[C@H]1O.O. The summed E-state index contributed by atoms with van der Waals surface area (Å²) in [6.07, 6.45) is 0.813. The van der Waals surface area contributed by atoms with Gasteiger partial charge in [0.15, 0.2) is 11.9 Å². The molecule has 9 nitrogen and oxygen atoms in total. The average Bonchev–Trinajstić information content (AvgIpc) is 3.01. The first-order valence-corrected chi connectivity index (χ1v) is 7.23. The molecular weight excluding hydrogens is 300 g/mol. The Bertz CT molecular complexity index is 624. The maximum Gasteiger partial charge on any atom is 0.166 e. The van der Waals surface area contributed by atoms with E-state index < -0.39 is 24.5 Å². The van der Waals surface area contributed by atoms with Crippen LogP contribution >= 0.6 is 11.8 Å². The fourth-order valence-electron chi connectivity index (χ4n) is 2.28. The molecular formula is C11H16N4O5S. The molecule has 21 heavy (non-hydrogen) atoms. The summed E-state index contributed by atoms with van der Waals surface area (Å²) in [6, 6.07) is 0. The summed E-state index contributed by atoms with van der Waals surface area (Å²) in [7, 11) is 0. The molecule has 1 saturated heterocycles. The fraction of sp³-hybridized carbons (Fsp3) is 0.545. The Kier molecular flexibility index (Phi) is 4.76. The van der Waals surface area contributed by atoms with Crippen LogP contribution in [0.5, 0.6) is 0 Å². The van der Waals surface area contributed by atoms with Crippen molar-refractivity contribution in [2.75, 3.05) is 12.9 Å². The molecule has 4 atom stereocenters. The molecule has 0 aromatic carbocycles. The van der Waals surface area contributed by atoms with Crippen molar-refractivity contribution in [1.82, 2.24) is 19.5 Å². The highest BCUT2D eigenvalue weighted by molar-refractivity contribution is 7.98. The van der Waals surface area contributed by atoms with Gasteiger partial charge in [0.25, 0.3) is 0 Å². The number of aliphatic hydroxyl groups excluding tert-OH is 3. The molecule has 1 fully saturated rings. The van der Waals surface area contributed by atoms with Crippen LogP contribution in [0.15, 0.2) is 17.7 Å². The van der Waals surface area contributed by atoms with Gasteiger partial charge in [-0.3, -0.25) is 4.57 Å². The van der Waals surface area contributed by atoms with E-state index in [4.69, 9.17) is 9.84 Å².